The summed E-state index contributed by atoms with van der Waals surface area (Å²) in [5.74, 6) is -0.0755. The fourth-order valence-electron chi connectivity index (χ4n) is 5.01. The Morgan fingerprint density at radius 1 is 1.07 bits per heavy atom. The van der Waals surface area contributed by atoms with E-state index in [1.165, 1.54) is 6.07 Å². The van der Waals surface area contributed by atoms with Crippen molar-refractivity contribution in [2.75, 3.05) is 25.5 Å². The van der Waals surface area contributed by atoms with E-state index in [4.69, 9.17) is 15.3 Å². The third-order valence-corrected chi connectivity index (χ3v) is 8.73. The van der Waals surface area contributed by atoms with Gasteiger partial charge in [-0.25, -0.2) is 23.1 Å². The molecule has 0 bridgehead atoms. The monoisotopic (exact) mass is 620 g/mol. The molecule has 0 saturated carbocycles. The number of hydrogen-bond donors (Lipinski definition) is 4. The van der Waals surface area contributed by atoms with Crippen LogP contribution >= 0.6 is 0 Å². The van der Waals surface area contributed by atoms with Crippen molar-refractivity contribution < 1.29 is 22.7 Å². The van der Waals surface area contributed by atoms with Gasteiger partial charge >= 0.3 is 12.1 Å². The van der Waals surface area contributed by atoms with Crippen LogP contribution in [0.4, 0.5) is 15.3 Å². The lowest BCUT2D eigenvalue weighted by Crippen LogP contribution is -2.40. The van der Waals surface area contributed by atoms with E-state index >= 15 is 0 Å². The van der Waals surface area contributed by atoms with E-state index in [-0.39, 0.29) is 35.5 Å². The van der Waals surface area contributed by atoms with Crippen LogP contribution in [-0.2, 0) is 21.3 Å². The van der Waals surface area contributed by atoms with Gasteiger partial charge in [-0.2, -0.15) is 0 Å². The number of benzene rings is 3. The van der Waals surface area contributed by atoms with Crippen molar-refractivity contribution in [3.8, 4) is 11.1 Å². The topological polar surface area (TPSA) is 158 Å². The Balaban J connectivity index is 1.41. The molecule has 1 aliphatic rings. The number of carbonyl (C=O) groups excluding carboxylic acids is 2. The molecule has 3 aromatic rings. The SMILES string of the molecule is CCC(C)N(Cc1cccc(C(=N)NC(=O)OC2CCN(C)CC2)c1)C(=O)Nc1ccc(-c2ccccc2S(N)(=O)=O)cc1. The number of likely N-dealkylation sites (tertiary alicyclic amines) is 1. The number of sulfonamides is 1. The van der Waals surface area contributed by atoms with Gasteiger partial charge in [-0.05, 0) is 68.6 Å². The Kier molecular flexibility index (Phi) is 10.7. The molecule has 0 radical (unpaired) electrons. The van der Waals surface area contributed by atoms with Crippen molar-refractivity contribution in [3.63, 3.8) is 0 Å². The number of amidine groups is 1. The second kappa shape index (κ2) is 14.5. The number of piperidine rings is 1. The highest BCUT2D eigenvalue weighted by atomic mass is 32.2. The van der Waals surface area contributed by atoms with E-state index in [0.29, 0.717) is 22.4 Å². The fourth-order valence-corrected chi connectivity index (χ4v) is 5.77. The predicted octanol–water partition coefficient (Wildman–Crippen LogP) is 4.98. The largest absolute Gasteiger partial charge is 0.446 e. The second-order valence-corrected chi connectivity index (χ2v) is 12.6. The number of hydrogen-bond acceptors (Lipinski definition) is 7. The number of nitrogens with two attached hydrogens (primary N) is 1. The Hall–Kier alpha value is -4.26. The number of nitrogens with zero attached hydrogens (tertiary/aromatic N) is 2. The number of rotatable bonds is 9. The smallest absolute Gasteiger partial charge is 0.413 e. The zero-order valence-electron chi connectivity index (χ0n) is 25.2. The lowest BCUT2D eigenvalue weighted by molar-refractivity contribution is 0.0602. The first kappa shape index (κ1) is 32.6. The molecule has 1 heterocycles. The van der Waals surface area contributed by atoms with Crippen LogP contribution in [0.15, 0.2) is 77.7 Å². The van der Waals surface area contributed by atoms with Gasteiger partial charge in [0.25, 0.3) is 0 Å². The van der Waals surface area contributed by atoms with Crippen LogP contribution in [0.1, 0.15) is 44.2 Å². The van der Waals surface area contributed by atoms with Crippen molar-refractivity contribution in [2.45, 2.75) is 56.7 Å². The molecule has 1 unspecified atom stereocenters. The highest BCUT2D eigenvalue weighted by Crippen LogP contribution is 2.28. The molecule has 1 saturated heterocycles. The molecule has 3 amide bonds. The zero-order valence-corrected chi connectivity index (χ0v) is 26.1. The summed E-state index contributed by atoms with van der Waals surface area (Å²) < 4.78 is 29.5. The van der Waals surface area contributed by atoms with Gasteiger partial charge in [0.2, 0.25) is 10.0 Å². The molecule has 0 spiro atoms. The van der Waals surface area contributed by atoms with Crippen LogP contribution < -0.4 is 15.8 Å². The normalized spacial score (nSPS) is 14.8. The number of anilines is 1. The molecular weight excluding hydrogens is 580 g/mol. The van der Waals surface area contributed by atoms with Crippen molar-refractivity contribution in [1.29, 1.82) is 5.41 Å². The van der Waals surface area contributed by atoms with Crippen LogP contribution in [0.5, 0.6) is 0 Å². The highest BCUT2D eigenvalue weighted by Gasteiger charge is 2.22. The third-order valence-electron chi connectivity index (χ3n) is 7.76. The standard InChI is InChI=1S/C32H40N6O5S/c1-4-22(2)38(31(39)35-26-14-12-24(13-15-26)28-10-5-6-11-29(28)44(34,41)42)21-23-8-7-9-25(20-23)30(33)36-32(40)43-27-16-18-37(3)19-17-27/h5-15,20,22,27H,4,16-19,21H2,1-3H3,(H,35,39)(H2,33,36,40)(H2,34,41,42). The van der Waals surface area contributed by atoms with Crippen molar-refractivity contribution in [3.05, 3.63) is 83.9 Å². The molecule has 4 rings (SSSR count). The van der Waals surface area contributed by atoms with Gasteiger partial charge in [0.05, 0.1) is 4.90 Å². The lowest BCUT2D eigenvalue weighted by Gasteiger charge is -2.29. The fraction of sp³-hybridized carbons (Fsp3) is 0.344. The van der Waals surface area contributed by atoms with Crippen LogP contribution in [0.2, 0.25) is 0 Å². The van der Waals surface area contributed by atoms with Gasteiger partial charge in [0.15, 0.2) is 0 Å². The van der Waals surface area contributed by atoms with Crippen molar-refractivity contribution in [2.24, 2.45) is 5.14 Å². The molecule has 234 valence electrons. The molecule has 1 atom stereocenters. The summed E-state index contributed by atoms with van der Waals surface area (Å²) in [7, 11) is -1.87. The molecule has 44 heavy (non-hydrogen) atoms. The summed E-state index contributed by atoms with van der Waals surface area (Å²) in [5, 5.41) is 19.3. The number of ether oxygens (including phenoxy) is 1. The Labute approximate surface area is 258 Å². The first-order valence-corrected chi connectivity index (χ1v) is 16.1. The van der Waals surface area contributed by atoms with E-state index in [1.54, 1.807) is 65.6 Å². The Bertz CT molecular complexity index is 1590. The minimum absolute atomic E-state index is 0.0272. The van der Waals surface area contributed by atoms with E-state index < -0.39 is 16.1 Å². The molecule has 5 N–H and O–H groups in total. The second-order valence-electron chi connectivity index (χ2n) is 11.0. The minimum atomic E-state index is -3.90. The number of alkyl carbamates (subject to hydrolysis) is 1. The van der Waals surface area contributed by atoms with Gasteiger partial charge in [0.1, 0.15) is 11.9 Å². The van der Waals surface area contributed by atoms with Gasteiger partial charge < -0.3 is 19.9 Å². The molecule has 1 fully saturated rings. The summed E-state index contributed by atoms with van der Waals surface area (Å²) in [4.78, 5) is 29.8. The number of urea groups is 1. The van der Waals surface area contributed by atoms with Crippen molar-refractivity contribution in [1.82, 2.24) is 15.1 Å². The Morgan fingerprint density at radius 2 is 1.75 bits per heavy atom. The quantitative estimate of drug-likeness (QED) is 0.195. The average Bonchev–Trinajstić information content (AvgIpc) is 3.00. The van der Waals surface area contributed by atoms with E-state index in [2.05, 4.69) is 15.5 Å². The number of nitrogens with one attached hydrogen (secondary N) is 3. The molecule has 11 nitrogen and oxygen atoms in total. The van der Waals surface area contributed by atoms with Crippen LogP contribution in [0.3, 0.4) is 0 Å². The first-order valence-electron chi connectivity index (χ1n) is 14.6. The molecule has 1 aliphatic heterocycles. The summed E-state index contributed by atoms with van der Waals surface area (Å²) >= 11 is 0. The highest BCUT2D eigenvalue weighted by molar-refractivity contribution is 7.89. The van der Waals surface area contributed by atoms with Gasteiger partial charge in [-0.15, -0.1) is 0 Å². The number of primary sulfonamides is 1. The molecule has 0 aliphatic carbocycles. The van der Waals surface area contributed by atoms with Crippen LogP contribution in [0.25, 0.3) is 11.1 Å². The number of amides is 3. The van der Waals surface area contributed by atoms with E-state index in [1.807, 2.05) is 27.0 Å². The molecule has 12 heteroatoms. The summed E-state index contributed by atoms with van der Waals surface area (Å²) in [6.45, 7) is 5.95. The molecule has 0 aromatic heterocycles. The minimum Gasteiger partial charge on any atom is -0.446 e. The third kappa shape index (κ3) is 8.65. The van der Waals surface area contributed by atoms with Gasteiger partial charge in [0, 0.05) is 42.5 Å². The van der Waals surface area contributed by atoms with Crippen molar-refractivity contribution >= 4 is 33.7 Å². The summed E-state index contributed by atoms with van der Waals surface area (Å²) in [6, 6.07) is 20.1. The predicted molar refractivity (Wildman–Crippen MR) is 171 cm³/mol. The maximum absolute atomic E-state index is 13.4. The zero-order chi connectivity index (χ0) is 31.9. The van der Waals surface area contributed by atoms with Gasteiger partial charge in [-0.1, -0.05) is 55.5 Å². The lowest BCUT2D eigenvalue weighted by atomic mass is 10.1. The Morgan fingerprint density at radius 3 is 2.41 bits per heavy atom. The van der Waals surface area contributed by atoms with Gasteiger partial charge in [-0.3, -0.25) is 10.7 Å². The first-order chi connectivity index (χ1) is 20.9. The summed E-state index contributed by atoms with van der Waals surface area (Å²) in [6.07, 6.45) is 1.43. The average molecular weight is 621 g/mol. The maximum Gasteiger partial charge on any atom is 0.413 e. The van der Waals surface area contributed by atoms with Crippen LogP contribution in [-0.4, -0.2) is 68.5 Å². The maximum atomic E-state index is 13.4. The molecule has 3 aromatic carbocycles. The number of carbonyl (C=O) groups is 2. The van der Waals surface area contributed by atoms with E-state index in [0.717, 1.165) is 37.9 Å². The van der Waals surface area contributed by atoms with Crippen LogP contribution in [0, 0.1) is 5.41 Å². The summed E-state index contributed by atoms with van der Waals surface area (Å²) in [5.41, 5.74) is 2.97. The van der Waals surface area contributed by atoms with E-state index in [9.17, 15) is 18.0 Å². The molecular formula is C32H40N6O5S.